The second-order valence-corrected chi connectivity index (χ2v) is 5.79. The number of hydrogen-bond donors (Lipinski definition) is 0. The summed E-state index contributed by atoms with van der Waals surface area (Å²) >= 11 is 0. The molecule has 1 aliphatic carbocycles. The molecular weight excluding hydrogens is 228 g/mol. The molecule has 2 aromatic rings. The average Bonchev–Trinajstić information content (AvgIpc) is 2.44. The predicted octanol–water partition coefficient (Wildman–Crippen LogP) is 5.34. The van der Waals surface area contributed by atoms with E-state index in [2.05, 4.69) is 69.8 Å². The molecule has 96 valence electrons. The number of fused-ring (bicyclic) bond motifs is 2. The number of rotatable bonds is 1. The molecule has 0 bridgehead atoms. The Morgan fingerprint density at radius 2 is 1.63 bits per heavy atom. The fourth-order valence-corrected chi connectivity index (χ4v) is 3.04. The molecule has 0 nitrogen and oxygen atoms in total. The topological polar surface area (TPSA) is 0 Å². The van der Waals surface area contributed by atoms with Crippen molar-refractivity contribution in [2.45, 2.75) is 32.6 Å². The first-order chi connectivity index (χ1) is 9.09. The van der Waals surface area contributed by atoms with Crippen LogP contribution in [0.5, 0.6) is 0 Å². The molecule has 0 amide bonds. The maximum atomic E-state index is 4.31. The summed E-state index contributed by atoms with van der Waals surface area (Å²) in [5, 5.41) is 0. The monoisotopic (exact) mass is 248 g/mol. The summed E-state index contributed by atoms with van der Waals surface area (Å²) < 4.78 is 0. The van der Waals surface area contributed by atoms with Gasteiger partial charge in [0.25, 0.3) is 0 Å². The van der Waals surface area contributed by atoms with Gasteiger partial charge in [-0.05, 0) is 39.3 Å². The van der Waals surface area contributed by atoms with Gasteiger partial charge >= 0.3 is 0 Å². The summed E-state index contributed by atoms with van der Waals surface area (Å²) in [5.41, 5.74) is 8.03. The van der Waals surface area contributed by atoms with E-state index in [-0.39, 0.29) is 0 Å². The first-order valence-electron chi connectivity index (χ1n) is 7.02. The lowest BCUT2D eigenvalue weighted by Crippen LogP contribution is -2.11. The normalized spacial score (nSPS) is 17.3. The van der Waals surface area contributed by atoms with Gasteiger partial charge in [0.1, 0.15) is 0 Å². The Balaban J connectivity index is 2.21. The molecule has 0 saturated heterocycles. The van der Waals surface area contributed by atoms with Gasteiger partial charge in [0.05, 0.1) is 0 Å². The highest BCUT2D eigenvalue weighted by Gasteiger charge is 2.24. The van der Waals surface area contributed by atoms with Crippen molar-refractivity contribution in [2.75, 3.05) is 0 Å². The van der Waals surface area contributed by atoms with Crippen molar-refractivity contribution in [1.29, 1.82) is 0 Å². The lowest BCUT2D eigenvalue weighted by molar-refractivity contribution is 0.844. The first-order valence-corrected chi connectivity index (χ1v) is 7.02. The van der Waals surface area contributed by atoms with E-state index in [1.807, 2.05) is 0 Å². The molecule has 1 aliphatic rings. The van der Waals surface area contributed by atoms with Crippen LogP contribution in [0.15, 0.2) is 49.0 Å². The van der Waals surface area contributed by atoms with Crippen LogP contribution in [0.3, 0.4) is 0 Å². The highest BCUT2D eigenvalue weighted by atomic mass is 14.3. The van der Waals surface area contributed by atoms with Crippen LogP contribution in [-0.4, -0.2) is 0 Å². The van der Waals surface area contributed by atoms with Crippen LogP contribution >= 0.6 is 0 Å². The molecule has 19 heavy (non-hydrogen) atoms. The van der Waals surface area contributed by atoms with Gasteiger partial charge in [-0.25, -0.2) is 0 Å². The van der Waals surface area contributed by atoms with Crippen molar-refractivity contribution in [1.82, 2.24) is 0 Å². The zero-order chi connectivity index (χ0) is 13.6. The second kappa shape index (κ2) is 4.38. The zero-order valence-electron chi connectivity index (χ0n) is 11.9. The standard InChI is InChI=1S/C19H20/c1-12(2)15-9-10-18-13(3)16-7-5-6-8-17(16)14(4)19(18)11-15/h5-12,14H,3H2,1-2,4H3. The zero-order valence-corrected chi connectivity index (χ0v) is 11.9. The second-order valence-electron chi connectivity index (χ2n) is 5.79. The van der Waals surface area contributed by atoms with Crippen LogP contribution in [0, 0.1) is 0 Å². The molecule has 0 N–H and O–H groups in total. The average molecular weight is 248 g/mol. The van der Waals surface area contributed by atoms with Crippen molar-refractivity contribution in [3.8, 4) is 0 Å². The van der Waals surface area contributed by atoms with Crippen LogP contribution in [0.2, 0.25) is 0 Å². The van der Waals surface area contributed by atoms with Gasteiger partial charge in [0.15, 0.2) is 0 Å². The van der Waals surface area contributed by atoms with Gasteiger partial charge in [-0.3, -0.25) is 0 Å². The van der Waals surface area contributed by atoms with Gasteiger partial charge in [0, 0.05) is 5.92 Å². The smallest absolute Gasteiger partial charge is 0.00734 e. The highest BCUT2D eigenvalue weighted by Crippen LogP contribution is 2.42. The van der Waals surface area contributed by atoms with Gasteiger partial charge in [-0.15, -0.1) is 0 Å². The molecule has 0 aromatic heterocycles. The van der Waals surface area contributed by atoms with E-state index in [1.54, 1.807) is 0 Å². The highest BCUT2D eigenvalue weighted by molar-refractivity contribution is 5.85. The fourth-order valence-electron chi connectivity index (χ4n) is 3.04. The van der Waals surface area contributed by atoms with Crippen molar-refractivity contribution < 1.29 is 0 Å². The van der Waals surface area contributed by atoms with Crippen LogP contribution in [0.25, 0.3) is 5.57 Å². The molecule has 0 spiro atoms. The molecule has 0 heterocycles. The fraction of sp³-hybridized carbons (Fsp3) is 0.263. The minimum absolute atomic E-state index is 0.454. The number of benzene rings is 2. The number of hydrogen-bond acceptors (Lipinski definition) is 0. The third-order valence-electron chi connectivity index (χ3n) is 4.29. The quantitative estimate of drug-likeness (QED) is 0.639. The molecule has 2 aromatic carbocycles. The Hall–Kier alpha value is -1.82. The Kier molecular flexibility index (Phi) is 2.82. The first kappa shape index (κ1) is 12.2. The van der Waals surface area contributed by atoms with E-state index in [0.717, 1.165) is 0 Å². The van der Waals surface area contributed by atoms with Gasteiger partial charge < -0.3 is 0 Å². The third kappa shape index (κ3) is 1.83. The van der Waals surface area contributed by atoms with Gasteiger partial charge in [-0.1, -0.05) is 69.8 Å². The molecule has 1 atom stereocenters. The Labute approximate surface area is 115 Å². The van der Waals surface area contributed by atoms with Crippen molar-refractivity contribution in [2.24, 2.45) is 0 Å². The van der Waals surface area contributed by atoms with E-state index in [4.69, 9.17) is 0 Å². The third-order valence-corrected chi connectivity index (χ3v) is 4.29. The van der Waals surface area contributed by atoms with Crippen LogP contribution in [0.1, 0.15) is 60.4 Å². The lowest BCUT2D eigenvalue weighted by atomic mass is 9.76. The molecule has 0 aliphatic heterocycles. The Bertz CT molecular complexity index is 647. The predicted molar refractivity (Wildman–Crippen MR) is 82.6 cm³/mol. The molecule has 0 radical (unpaired) electrons. The van der Waals surface area contributed by atoms with E-state index in [0.29, 0.717) is 11.8 Å². The SMILES string of the molecule is C=C1c2ccccc2C(C)c2cc(C(C)C)ccc21. The lowest BCUT2D eigenvalue weighted by Gasteiger charge is -2.28. The summed E-state index contributed by atoms with van der Waals surface area (Å²) in [7, 11) is 0. The Morgan fingerprint density at radius 3 is 2.37 bits per heavy atom. The molecule has 3 rings (SSSR count). The van der Waals surface area contributed by atoms with Crippen LogP contribution < -0.4 is 0 Å². The van der Waals surface area contributed by atoms with Crippen molar-refractivity contribution in [3.63, 3.8) is 0 Å². The van der Waals surface area contributed by atoms with E-state index in [1.165, 1.54) is 33.4 Å². The van der Waals surface area contributed by atoms with Crippen LogP contribution in [0.4, 0.5) is 0 Å². The van der Waals surface area contributed by atoms with Crippen molar-refractivity contribution >= 4 is 5.57 Å². The Morgan fingerprint density at radius 1 is 0.947 bits per heavy atom. The minimum atomic E-state index is 0.454. The summed E-state index contributed by atoms with van der Waals surface area (Å²) in [6.07, 6.45) is 0. The van der Waals surface area contributed by atoms with Gasteiger partial charge in [-0.2, -0.15) is 0 Å². The molecule has 0 fully saturated rings. The molecule has 1 unspecified atom stereocenters. The summed E-state index contributed by atoms with van der Waals surface area (Å²) in [5.74, 6) is 1.03. The molecular formula is C19H20. The minimum Gasteiger partial charge on any atom is -0.0905 e. The van der Waals surface area contributed by atoms with E-state index in [9.17, 15) is 0 Å². The molecule has 0 saturated carbocycles. The van der Waals surface area contributed by atoms with Gasteiger partial charge in [0.2, 0.25) is 0 Å². The summed E-state index contributed by atoms with van der Waals surface area (Å²) in [6.45, 7) is 11.1. The largest absolute Gasteiger partial charge is 0.0905 e. The van der Waals surface area contributed by atoms with E-state index >= 15 is 0 Å². The summed E-state index contributed by atoms with van der Waals surface area (Å²) in [6, 6.07) is 15.5. The van der Waals surface area contributed by atoms with Crippen molar-refractivity contribution in [3.05, 3.63) is 76.9 Å². The van der Waals surface area contributed by atoms with Crippen LogP contribution in [-0.2, 0) is 0 Å². The summed E-state index contributed by atoms with van der Waals surface area (Å²) in [4.78, 5) is 0. The maximum Gasteiger partial charge on any atom is 0.00734 e. The van der Waals surface area contributed by atoms with E-state index < -0.39 is 0 Å². The maximum absolute atomic E-state index is 4.31. The molecule has 0 heteroatoms.